The van der Waals surface area contributed by atoms with E-state index >= 15 is 0 Å². The number of rotatable bonds is 4. The third kappa shape index (κ3) is 2.88. The highest BCUT2D eigenvalue weighted by molar-refractivity contribution is 5.92. The number of aryl methyl sites for hydroxylation is 2. The quantitative estimate of drug-likeness (QED) is 0.736. The van der Waals surface area contributed by atoms with Crippen LogP contribution in [-0.2, 0) is 19.9 Å². The van der Waals surface area contributed by atoms with Crippen LogP contribution in [0.1, 0.15) is 24.6 Å². The van der Waals surface area contributed by atoms with Gasteiger partial charge in [-0.2, -0.15) is 5.10 Å². The highest BCUT2D eigenvalue weighted by Gasteiger charge is 2.24. The van der Waals surface area contributed by atoms with Crippen LogP contribution in [0, 0.1) is 5.92 Å². The van der Waals surface area contributed by atoms with E-state index in [1.54, 1.807) is 0 Å². The first-order chi connectivity index (χ1) is 11.7. The molecule has 0 bridgehead atoms. The van der Waals surface area contributed by atoms with E-state index in [9.17, 15) is 0 Å². The van der Waals surface area contributed by atoms with E-state index in [1.807, 2.05) is 17.9 Å². The Morgan fingerprint density at radius 3 is 2.92 bits per heavy atom. The molecule has 124 valence electrons. The molecule has 4 rings (SSSR count). The molecule has 3 aromatic rings. The summed E-state index contributed by atoms with van der Waals surface area (Å²) < 4.78 is 1.89. The smallest absolute Gasteiger partial charge is 0.0726 e. The second-order valence-electron chi connectivity index (χ2n) is 6.83. The first-order valence-electron chi connectivity index (χ1n) is 8.84. The lowest BCUT2D eigenvalue weighted by Crippen LogP contribution is -2.21. The predicted molar refractivity (Wildman–Crippen MR) is 98.4 cm³/mol. The van der Waals surface area contributed by atoms with Gasteiger partial charge in [0.2, 0.25) is 0 Å². The first-order valence-corrected chi connectivity index (χ1v) is 8.84. The average Bonchev–Trinajstić information content (AvgIpc) is 3.23. The summed E-state index contributed by atoms with van der Waals surface area (Å²) >= 11 is 0. The van der Waals surface area contributed by atoms with Crippen LogP contribution in [0.15, 0.2) is 42.7 Å². The Balaban J connectivity index is 1.59. The number of aromatic nitrogens is 3. The van der Waals surface area contributed by atoms with Crippen LogP contribution in [0.3, 0.4) is 0 Å². The van der Waals surface area contributed by atoms with E-state index in [4.69, 9.17) is 4.98 Å². The van der Waals surface area contributed by atoms with Gasteiger partial charge < -0.3 is 4.90 Å². The number of hydrogen-bond acceptors (Lipinski definition) is 3. The van der Waals surface area contributed by atoms with Gasteiger partial charge in [-0.3, -0.25) is 9.67 Å². The van der Waals surface area contributed by atoms with Crippen molar-refractivity contribution in [3.05, 3.63) is 54.0 Å². The second kappa shape index (κ2) is 6.27. The molecular formula is C20H24N4. The summed E-state index contributed by atoms with van der Waals surface area (Å²) in [6.45, 7) is 4.42. The topological polar surface area (TPSA) is 34.0 Å². The van der Waals surface area contributed by atoms with E-state index in [0.717, 1.165) is 31.4 Å². The number of pyridine rings is 1. The molecule has 1 atom stereocenters. The monoisotopic (exact) mass is 320 g/mol. The molecule has 2 aromatic heterocycles. The fraction of sp³-hybridized carbons (Fsp3) is 0.400. The number of hydrogen-bond donors (Lipinski definition) is 0. The van der Waals surface area contributed by atoms with E-state index in [1.165, 1.54) is 28.8 Å². The van der Waals surface area contributed by atoms with Gasteiger partial charge in [-0.05, 0) is 42.9 Å². The van der Waals surface area contributed by atoms with Crippen molar-refractivity contribution in [2.45, 2.75) is 26.2 Å². The van der Waals surface area contributed by atoms with Gasteiger partial charge in [0, 0.05) is 43.1 Å². The molecule has 1 fully saturated rings. The van der Waals surface area contributed by atoms with Gasteiger partial charge in [0.25, 0.3) is 0 Å². The van der Waals surface area contributed by atoms with Crippen molar-refractivity contribution in [2.75, 3.05) is 18.0 Å². The SMILES string of the molecule is CCc1cc(N2CCC(Cc3cnn(C)c3)C2)c2ccccc2n1. The van der Waals surface area contributed by atoms with Crippen molar-refractivity contribution >= 4 is 16.6 Å². The number of anilines is 1. The minimum Gasteiger partial charge on any atom is -0.371 e. The molecule has 1 aromatic carbocycles. The molecule has 1 saturated heterocycles. The third-order valence-electron chi connectivity index (χ3n) is 5.02. The van der Waals surface area contributed by atoms with Crippen molar-refractivity contribution < 1.29 is 0 Å². The lowest BCUT2D eigenvalue weighted by molar-refractivity contribution is 0.586. The Bertz CT molecular complexity index is 852. The molecule has 0 amide bonds. The Labute approximate surface area is 143 Å². The number of benzene rings is 1. The lowest BCUT2D eigenvalue weighted by Gasteiger charge is -2.21. The molecular weight excluding hydrogens is 296 g/mol. The Morgan fingerprint density at radius 1 is 1.25 bits per heavy atom. The molecule has 4 nitrogen and oxygen atoms in total. The van der Waals surface area contributed by atoms with Crippen molar-refractivity contribution in [1.82, 2.24) is 14.8 Å². The summed E-state index contributed by atoms with van der Waals surface area (Å²) in [4.78, 5) is 7.32. The molecule has 0 saturated carbocycles. The average molecular weight is 320 g/mol. The van der Waals surface area contributed by atoms with Gasteiger partial charge >= 0.3 is 0 Å². The molecule has 1 aliphatic heterocycles. The molecule has 0 aliphatic carbocycles. The number of nitrogens with zero attached hydrogens (tertiary/aromatic N) is 4. The fourth-order valence-corrected chi connectivity index (χ4v) is 3.78. The van der Waals surface area contributed by atoms with Gasteiger partial charge in [0.05, 0.1) is 11.7 Å². The summed E-state index contributed by atoms with van der Waals surface area (Å²) in [7, 11) is 1.99. The van der Waals surface area contributed by atoms with E-state index in [0.29, 0.717) is 5.92 Å². The maximum absolute atomic E-state index is 4.78. The predicted octanol–water partition coefficient (Wildman–Crippen LogP) is 3.60. The van der Waals surface area contributed by atoms with E-state index in [2.05, 4.69) is 53.5 Å². The maximum Gasteiger partial charge on any atom is 0.0726 e. The summed E-state index contributed by atoms with van der Waals surface area (Å²) in [5.74, 6) is 0.700. The van der Waals surface area contributed by atoms with Crippen LogP contribution in [-0.4, -0.2) is 27.9 Å². The van der Waals surface area contributed by atoms with Crippen LogP contribution < -0.4 is 4.90 Å². The summed E-state index contributed by atoms with van der Waals surface area (Å²) in [5.41, 5.74) is 4.99. The zero-order valence-corrected chi connectivity index (χ0v) is 14.4. The molecule has 0 spiro atoms. The minimum absolute atomic E-state index is 0.700. The lowest BCUT2D eigenvalue weighted by atomic mass is 10.0. The van der Waals surface area contributed by atoms with Gasteiger partial charge in [-0.1, -0.05) is 25.1 Å². The number of para-hydroxylation sites is 1. The summed E-state index contributed by atoms with van der Waals surface area (Å²) in [6, 6.07) is 10.8. The Hall–Kier alpha value is -2.36. The van der Waals surface area contributed by atoms with Crippen molar-refractivity contribution in [2.24, 2.45) is 13.0 Å². The molecule has 3 heterocycles. The van der Waals surface area contributed by atoms with Crippen molar-refractivity contribution in [1.29, 1.82) is 0 Å². The van der Waals surface area contributed by atoms with E-state index < -0.39 is 0 Å². The van der Waals surface area contributed by atoms with Gasteiger partial charge in [0.15, 0.2) is 0 Å². The summed E-state index contributed by atoms with van der Waals surface area (Å²) in [6.07, 6.45) is 7.48. The Morgan fingerprint density at radius 2 is 2.12 bits per heavy atom. The van der Waals surface area contributed by atoms with Crippen LogP contribution >= 0.6 is 0 Å². The highest BCUT2D eigenvalue weighted by atomic mass is 15.2. The molecule has 1 aliphatic rings. The van der Waals surface area contributed by atoms with Crippen molar-refractivity contribution in [3.63, 3.8) is 0 Å². The first kappa shape index (κ1) is 15.2. The molecule has 0 radical (unpaired) electrons. The fourth-order valence-electron chi connectivity index (χ4n) is 3.78. The zero-order chi connectivity index (χ0) is 16.5. The second-order valence-corrected chi connectivity index (χ2v) is 6.83. The number of fused-ring (bicyclic) bond motifs is 1. The van der Waals surface area contributed by atoms with Crippen LogP contribution in [0.5, 0.6) is 0 Å². The van der Waals surface area contributed by atoms with Crippen molar-refractivity contribution in [3.8, 4) is 0 Å². The highest BCUT2D eigenvalue weighted by Crippen LogP contribution is 2.32. The standard InChI is InChI=1S/C20H24N4/c1-3-17-11-20(18-6-4-5-7-19(18)22-17)24-9-8-15(14-24)10-16-12-21-23(2)13-16/h4-7,11-13,15H,3,8-10,14H2,1-2H3. The third-order valence-corrected chi connectivity index (χ3v) is 5.02. The molecule has 1 unspecified atom stereocenters. The van der Waals surface area contributed by atoms with E-state index in [-0.39, 0.29) is 0 Å². The molecule has 24 heavy (non-hydrogen) atoms. The van der Waals surface area contributed by atoms with Gasteiger partial charge in [-0.25, -0.2) is 0 Å². The van der Waals surface area contributed by atoms with Gasteiger partial charge in [0.1, 0.15) is 0 Å². The Kier molecular flexibility index (Phi) is 3.97. The zero-order valence-electron chi connectivity index (χ0n) is 14.4. The normalized spacial score (nSPS) is 17.8. The molecule has 4 heteroatoms. The minimum atomic E-state index is 0.700. The summed E-state index contributed by atoms with van der Waals surface area (Å²) in [5, 5.41) is 5.57. The maximum atomic E-state index is 4.78. The van der Waals surface area contributed by atoms with Gasteiger partial charge in [-0.15, -0.1) is 0 Å². The molecule has 0 N–H and O–H groups in total. The largest absolute Gasteiger partial charge is 0.371 e. The van der Waals surface area contributed by atoms with Crippen LogP contribution in [0.4, 0.5) is 5.69 Å². The van der Waals surface area contributed by atoms with Crippen LogP contribution in [0.25, 0.3) is 10.9 Å². The van der Waals surface area contributed by atoms with Crippen LogP contribution in [0.2, 0.25) is 0 Å².